The molecule has 0 aliphatic carbocycles. The van der Waals surface area contributed by atoms with Crippen LogP contribution in [-0.4, -0.2) is 25.3 Å². The van der Waals surface area contributed by atoms with Crippen molar-refractivity contribution in [1.29, 1.82) is 0 Å². The molecule has 1 aromatic rings. The topological polar surface area (TPSA) is 50.4 Å². The number of piperidine rings is 1. The predicted molar refractivity (Wildman–Crippen MR) is 67.2 cm³/mol. The van der Waals surface area contributed by atoms with Gasteiger partial charge in [0.1, 0.15) is 6.10 Å². The summed E-state index contributed by atoms with van der Waals surface area (Å²) in [7, 11) is 0. The van der Waals surface area contributed by atoms with Crippen LogP contribution in [0.5, 0.6) is 0 Å². The van der Waals surface area contributed by atoms with Crippen LogP contribution in [0, 0.1) is 6.92 Å². The summed E-state index contributed by atoms with van der Waals surface area (Å²) in [4.78, 5) is 11.6. The summed E-state index contributed by atoms with van der Waals surface area (Å²) >= 11 is 0. The monoisotopic (exact) mass is 234 g/mol. The zero-order chi connectivity index (χ0) is 12.1. The van der Waals surface area contributed by atoms with Crippen molar-refractivity contribution in [3.63, 3.8) is 0 Å². The van der Waals surface area contributed by atoms with Gasteiger partial charge < -0.3 is 10.1 Å². The maximum atomic E-state index is 11.6. The smallest absolute Gasteiger partial charge is 0.411 e. The van der Waals surface area contributed by atoms with Gasteiger partial charge in [0.2, 0.25) is 0 Å². The lowest BCUT2D eigenvalue weighted by Crippen LogP contribution is -2.37. The molecule has 1 aliphatic heterocycles. The molecular formula is C13H18N2O2. The number of carbonyl (C=O) groups excluding carboxylic acids is 1. The van der Waals surface area contributed by atoms with Crippen LogP contribution in [0.15, 0.2) is 24.3 Å². The van der Waals surface area contributed by atoms with E-state index in [0.717, 1.165) is 31.6 Å². The van der Waals surface area contributed by atoms with E-state index in [1.54, 1.807) is 0 Å². The van der Waals surface area contributed by atoms with E-state index in [9.17, 15) is 4.79 Å². The van der Waals surface area contributed by atoms with Gasteiger partial charge in [-0.1, -0.05) is 17.7 Å². The summed E-state index contributed by atoms with van der Waals surface area (Å²) in [5.74, 6) is 0. The summed E-state index contributed by atoms with van der Waals surface area (Å²) in [6.07, 6.45) is 1.62. The molecule has 1 atom stereocenters. The molecule has 2 N–H and O–H groups in total. The highest BCUT2D eigenvalue weighted by atomic mass is 16.6. The Hall–Kier alpha value is -1.55. The van der Waals surface area contributed by atoms with Crippen LogP contribution in [0.4, 0.5) is 10.5 Å². The number of hydrogen-bond donors (Lipinski definition) is 2. The predicted octanol–water partition coefficient (Wildman–Crippen LogP) is 2.30. The highest BCUT2D eigenvalue weighted by Gasteiger charge is 2.17. The number of aryl methyl sites for hydroxylation is 1. The van der Waals surface area contributed by atoms with Gasteiger partial charge in [-0.2, -0.15) is 0 Å². The molecule has 0 aromatic heterocycles. The Labute approximate surface area is 101 Å². The zero-order valence-corrected chi connectivity index (χ0v) is 10.0. The number of hydrogen-bond acceptors (Lipinski definition) is 3. The molecule has 0 saturated carbocycles. The Morgan fingerprint density at radius 2 is 2.18 bits per heavy atom. The van der Waals surface area contributed by atoms with Gasteiger partial charge in [0, 0.05) is 12.2 Å². The summed E-state index contributed by atoms with van der Waals surface area (Å²) in [5.41, 5.74) is 1.93. The Morgan fingerprint density at radius 1 is 1.41 bits per heavy atom. The molecule has 1 aliphatic rings. The van der Waals surface area contributed by atoms with E-state index in [-0.39, 0.29) is 12.2 Å². The molecule has 4 heteroatoms. The third kappa shape index (κ3) is 3.75. The second-order valence-electron chi connectivity index (χ2n) is 4.36. The van der Waals surface area contributed by atoms with Crippen LogP contribution in [0.2, 0.25) is 0 Å². The first kappa shape index (κ1) is 11.9. The van der Waals surface area contributed by atoms with Crippen molar-refractivity contribution in [3.8, 4) is 0 Å². The largest absolute Gasteiger partial charge is 0.445 e. The van der Waals surface area contributed by atoms with Crippen molar-refractivity contribution in [3.05, 3.63) is 29.8 Å². The normalized spacial score (nSPS) is 19.7. The molecule has 1 unspecified atom stereocenters. The summed E-state index contributed by atoms with van der Waals surface area (Å²) in [6.45, 7) is 3.77. The Morgan fingerprint density at radius 3 is 2.82 bits per heavy atom. The van der Waals surface area contributed by atoms with Crippen LogP contribution >= 0.6 is 0 Å². The van der Waals surface area contributed by atoms with Crippen molar-refractivity contribution < 1.29 is 9.53 Å². The fourth-order valence-electron chi connectivity index (χ4n) is 1.86. The fraction of sp³-hybridized carbons (Fsp3) is 0.462. The molecule has 17 heavy (non-hydrogen) atoms. The minimum atomic E-state index is -0.373. The number of benzene rings is 1. The summed E-state index contributed by atoms with van der Waals surface area (Å²) in [5, 5.41) is 5.93. The average Bonchev–Trinajstić information content (AvgIpc) is 2.33. The number of amides is 1. The zero-order valence-electron chi connectivity index (χ0n) is 10.0. The summed E-state index contributed by atoms with van der Waals surface area (Å²) < 4.78 is 5.31. The number of carbonyl (C=O) groups is 1. The molecule has 0 bridgehead atoms. The second-order valence-corrected chi connectivity index (χ2v) is 4.36. The first-order chi connectivity index (χ1) is 8.24. The first-order valence-corrected chi connectivity index (χ1v) is 5.99. The lowest BCUT2D eigenvalue weighted by molar-refractivity contribution is 0.0941. The molecule has 2 rings (SSSR count). The van der Waals surface area contributed by atoms with Crippen molar-refractivity contribution in [2.75, 3.05) is 18.4 Å². The molecule has 0 spiro atoms. The van der Waals surface area contributed by atoms with Crippen LogP contribution in [0.1, 0.15) is 18.4 Å². The van der Waals surface area contributed by atoms with Crippen LogP contribution in [-0.2, 0) is 4.74 Å². The van der Waals surface area contributed by atoms with Gasteiger partial charge in [0.05, 0.1) is 0 Å². The molecule has 1 saturated heterocycles. The third-order valence-corrected chi connectivity index (χ3v) is 2.82. The van der Waals surface area contributed by atoms with Crippen LogP contribution in [0.3, 0.4) is 0 Å². The van der Waals surface area contributed by atoms with Gasteiger partial charge in [0.25, 0.3) is 0 Å². The maximum Gasteiger partial charge on any atom is 0.411 e. The van der Waals surface area contributed by atoms with Gasteiger partial charge in [-0.05, 0) is 38.4 Å². The maximum absolute atomic E-state index is 11.6. The Kier molecular flexibility index (Phi) is 3.98. The highest BCUT2D eigenvalue weighted by Crippen LogP contribution is 2.11. The second kappa shape index (κ2) is 5.68. The Bertz CT molecular complexity index is 370. The minimum absolute atomic E-state index is 0.00537. The molecule has 1 aromatic carbocycles. The number of ether oxygens (including phenoxy) is 1. The van der Waals surface area contributed by atoms with E-state index >= 15 is 0 Å². The van der Waals surface area contributed by atoms with Gasteiger partial charge in [-0.3, -0.25) is 5.32 Å². The number of rotatable bonds is 2. The molecule has 0 radical (unpaired) electrons. The van der Waals surface area contributed by atoms with Crippen LogP contribution in [0.25, 0.3) is 0 Å². The van der Waals surface area contributed by atoms with E-state index in [0.29, 0.717) is 0 Å². The van der Waals surface area contributed by atoms with E-state index in [1.807, 2.05) is 31.2 Å². The third-order valence-electron chi connectivity index (χ3n) is 2.82. The first-order valence-electron chi connectivity index (χ1n) is 5.99. The SMILES string of the molecule is Cc1ccc(NC(=O)OC2CCCNC2)cc1. The lowest BCUT2D eigenvalue weighted by atomic mass is 10.1. The number of nitrogens with one attached hydrogen (secondary N) is 2. The molecule has 4 nitrogen and oxygen atoms in total. The van der Waals surface area contributed by atoms with Gasteiger partial charge >= 0.3 is 6.09 Å². The van der Waals surface area contributed by atoms with Crippen molar-refractivity contribution in [2.24, 2.45) is 0 Å². The Balaban J connectivity index is 1.82. The molecule has 1 amide bonds. The van der Waals surface area contributed by atoms with E-state index in [2.05, 4.69) is 10.6 Å². The fourth-order valence-corrected chi connectivity index (χ4v) is 1.86. The highest BCUT2D eigenvalue weighted by molar-refractivity contribution is 5.84. The van der Waals surface area contributed by atoms with Gasteiger partial charge in [-0.15, -0.1) is 0 Å². The quantitative estimate of drug-likeness (QED) is 0.825. The summed E-state index contributed by atoms with van der Waals surface area (Å²) in [6, 6.07) is 7.65. The molecule has 92 valence electrons. The molecule has 1 fully saturated rings. The van der Waals surface area contributed by atoms with Gasteiger partial charge in [-0.25, -0.2) is 4.79 Å². The average molecular weight is 234 g/mol. The minimum Gasteiger partial charge on any atom is -0.445 e. The van der Waals surface area contributed by atoms with E-state index in [1.165, 1.54) is 5.56 Å². The van der Waals surface area contributed by atoms with Crippen LogP contribution < -0.4 is 10.6 Å². The molecular weight excluding hydrogens is 216 g/mol. The van der Waals surface area contributed by atoms with E-state index < -0.39 is 0 Å². The van der Waals surface area contributed by atoms with E-state index in [4.69, 9.17) is 4.74 Å². The van der Waals surface area contributed by atoms with Crippen molar-refractivity contribution >= 4 is 11.8 Å². The molecule has 1 heterocycles. The van der Waals surface area contributed by atoms with Crippen molar-refractivity contribution in [2.45, 2.75) is 25.9 Å². The van der Waals surface area contributed by atoms with Crippen molar-refractivity contribution in [1.82, 2.24) is 5.32 Å². The number of anilines is 1. The van der Waals surface area contributed by atoms with Gasteiger partial charge in [0.15, 0.2) is 0 Å². The standard InChI is InChI=1S/C13H18N2O2/c1-10-4-6-11(7-5-10)15-13(16)17-12-3-2-8-14-9-12/h4-7,12,14H,2-3,8-9H2,1H3,(H,15,16). The lowest BCUT2D eigenvalue weighted by Gasteiger charge is -2.22.